The molecule has 0 aromatic carbocycles. The van der Waals surface area contributed by atoms with Crippen molar-refractivity contribution in [3.63, 3.8) is 0 Å². The Morgan fingerprint density at radius 2 is 2.28 bits per heavy atom. The Morgan fingerprint density at radius 1 is 1.56 bits per heavy atom. The van der Waals surface area contributed by atoms with Crippen molar-refractivity contribution >= 4 is 27.7 Å². The molecular formula is C12H22BrN3OS. The molecule has 0 aliphatic heterocycles. The largest absolute Gasteiger partial charge is 0.383 e. The minimum Gasteiger partial charge on any atom is -0.383 e. The molecule has 0 spiro atoms. The van der Waals surface area contributed by atoms with Gasteiger partial charge in [-0.2, -0.15) is 16.9 Å². The molecule has 0 amide bonds. The van der Waals surface area contributed by atoms with Crippen LogP contribution in [0.2, 0.25) is 0 Å². The zero-order valence-electron chi connectivity index (χ0n) is 11.4. The van der Waals surface area contributed by atoms with Gasteiger partial charge in [-0.15, -0.1) is 0 Å². The molecule has 0 radical (unpaired) electrons. The van der Waals surface area contributed by atoms with Crippen LogP contribution in [0.4, 0.5) is 0 Å². The molecule has 0 saturated heterocycles. The van der Waals surface area contributed by atoms with Gasteiger partial charge < -0.3 is 10.1 Å². The molecule has 104 valence electrons. The van der Waals surface area contributed by atoms with E-state index in [9.17, 15) is 0 Å². The highest BCUT2D eigenvalue weighted by Crippen LogP contribution is 2.27. The molecule has 0 saturated carbocycles. The standard InChI is InChI=1S/C12H22BrN3OS/c1-9(2)18-8-11(14-3)12-10(13)7-15-16(12)5-6-17-4/h7,9,11,14H,5-6,8H2,1-4H3. The molecule has 6 heteroatoms. The van der Waals surface area contributed by atoms with Crippen LogP contribution in [0.15, 0.2) is 10.7 Å². The summed E-state index contributed by atoms with van der Waals surface area (Å²) in [5.74, 6) is 1.03. The number of rotatable bonds is 8. The van der Waals surface area contributed by atoms with Gasteiger partial charge in [-0.3, -0.25) is 4.68 Å². The summed E-state index contributed by atoms with van der Waals surface area (Å²) in [5.41, 5.74) is 1.20. The number of hydrogen-bond acceptors (Lipinski definition) is 4. The van der Waals surface area contributed by atoms with Crippen molar-refractivity contribution in [3.05, 3.63) is 16.4 Å². The first-order valence-corrected chi connectivity index (χ1v) is 7.93. The number of ether oxygens (including phenoxy) is 1. The fourth-order valence-electron chi connectivity index (χ4n) is 1.66. The van der Waals surface area contributed by atoms with Gasteiger partial charge in [-0.1, -0.05) is 13.8 Å². The Morgan fingerprint density at radius 3 is 2.83 bits per heavy atom. The fraction of sp³-hybridized carbons (Fsp3) is 0.750. The van der Waals surface area contributed by atoms with Crippen molar-refractivity contribution < 1.29 is 4.74 Å². The van der Waals surface area contributed by atoms with Gasteiger partial charge in [0.1, 0.15) is 0 Å². The first-order valence-electron chi connectivity index (χ1n) is 6.09. The summed E-state index contributed by atoms with van der Waals surface area (Å²) in [5, 5.41) is 8.39. The van der Waals surface area contributed by atoms with E-state index in [1.807, 2.05) is 29.7 Å². The van der Waals surface area contributed by atoms with E-state index in [0.717, 1.165) is 16.8 Å². The van der Waals surface area contributed by atoms with Crippen LogP contribution in [0.1, 0.15) is 25.6 Å². The van der Waals surface area contributed by atoms with Gasteiger partial charge in [-0.25, -0.2) is 0 Å². The van der Waals surface area contributed by atoms with Crippen LogP contribution in [-0.2, 0) is 11.3 Å². The van der Waals surface area contributed by atoms with Crippen LogP contribution in [0.3, 0.4) is 0 Å². The molecule has 1 aromatic heterocycles. The Kier molecular flexibility index (Phi) is 7.29. The minimum absolute atomic E-state index is 0.297. The van der Waals surface area contributed by atoms with Gasteiger partial charge in [0.25, 0.3) is 0 Å². The summed E-state index contributed by atoms with van der Waals surface area (Å²) in [6.07, 6.45) is 1.86. The predicted octanol–water partition coefficient (Wildman–Crippen LogP) is 2.69. The molecule has 0 bridgehead atoms. The third-order valence-electron chi connectivity index (χ3n) is 2.62. The van der Waals surface area contributed by atoms with Crippen molar-refractivity contribution in [1.29, 1.82) is 0 Å². The van der Waals surface area contributed by atoms with Crippen LogP contribution in [0.5, 0.6) is 0 Å². The number of halogens is 1. The van der Waals surface area contributed by atoms with Crippen molar-refractivity contribution in [3.8, 4) is 0 Å². The topological polar surface area (TPSA) is 39.1 Å². The van der Waals surface area contributed by atoms with Gasteiger partial charge in [0.15, 0.2) is 0 Å². The molecule has 1 N–H and O–H groups in total. The Balaban J connectivity index is 2.79. The zero-order chi connectivity index (χ0) is 13.5. The first kappa shape index (κ1) is 16.0. The van der Waals surface area contributed by atoms with Crippen molar-refractivity contribution in [1.82, 2.24) is 15.1 Å². The Bertz CT molecular complexity index is 357. The van der Waals surface area contributed by atoms with Gasteiger partial charge in [-0.05, 0) is 28.2 Å². The lowest BCUT2D eigenvalue weighted by Crippen LogP contribution is -2.24. The highest BCUT2D eigenvalue weighted by Gasteiger charge is 2.19. The summed E-state index contributed by atoms with van der Waals surface area (Å²) < 4.78 is 8.19. The number of aromatic nitrogens is 2. The number of nitrogens with zero attached hydrogens (tertiary/aromatic N) is 2. The van der Waals surface area contributed by atoms with E-state index in [-0.39, 0.29) is 0 Å². The second-order valence-corrected chi connectivity index (χ2v) is 6.78. The van der Waals surface area contributed by atoms with E-state index in [2.05, 4.69) is 40.2 Å². The van der Waals surface area contributed by atoms with Gasteiger partial charge in [0.05, 0.1) is 35.6 Å². The lowest BCUT2D eigenvalue weighted by molar-refractivity contribution is 0.182. The van der Waals surface area contributed by atoms with Gasteiger partial charge in [0, 0.05) is 12.9 Å². The van der Waals surface area contributed by atoms with Crippen LogP contribution in [0.25, 0.3) is 0 Å². The Labute approximate surface area is 122 Å². The van der Waals surface area contributed by atoms with Crippen LogP contribution in [0, 0.1) is 0 Å². The summed E-state index contributed by atoms with van der Waals surface area (Å²) in [7, 11) is 3.70. The van der Waals surface area contributed by atoms with Crippen molar-refractivity contribution in [2.24, 2.45) is 0 Å². The predicted molar refractivity (Wildman–Crippen MR) is 81.2 cm³/mol. The molecule has 0 aliphatic carbocycles. The van der Waals surface area contributed by atoms with E-state index < -0.39 is 0 Å². The summed E-state index contributed by atoms with van der Waals surface area (Å²) in [6, 6.07) is 0.297. The maximum Gasteiger partial charge on any atom is 0.0705 e. The van der Waals surface area contributed by atoms with Crippen molar-refractivity contribution in [2.45, 2.75) is 31.7 Å². The van der Waals surface area contributed by atoms with Gasteiger partial charge in [0.2, 0.25) is 0 Å². The van der Waals surface area contributed by atoms with Gasteiger partial charge >= 0.3 is 0 Å². The van der Waals surface area contributed by atoms with Crippen LogP contribution in [-0.4, -0.2) is 41.5 Å². The summed E-state index contributed by atoms with van der Waals surface area (Å²) in [6.45, 7) is 5.89. The molecule has 1 heterocycles. The molecule has 1 rings (SSSR count). The Hall–Kier alpha value is -0.0400. The molecule has 0 fully saturated rings. The fourth-order valence-corrected chi connectivity index (χ4v) is 3.14. The van der Waals surface area contributed by atoms with Crippen LogP contribution < -0.4 is 5.32 Å². The SMILES string of the molecule is CNC(CSC(C)C)c1c(Br)cnn1CCOC. The highest BCUT2D eigenvalue weighted by atomic mass is 79.9. The summed E-state index contributed by atoms with van der Waals surface area (Å²) in [4.78, 5) is 0. The van der Waals surface area contributed by atoms with E-state index >= 15 is 0 Å². The molecule has 4 nitrogen and oxygen atoms in total. The quantitative estimate of drug-likeness (QED) is 0.792. The van der Waals surface area contributed by atoms with E-state index in [0.29, 0.717) is 17.9 Å². The number of thioether (sulfide) groups is 1. The smallest absolute Gasteiger partial charge is 0.0705 e. The maximum absolute atomic E-state index is 5.12. The van der Waals surface area contributed by atoms with Crippen LogP contribution >= 0.6 is 27.7 Å². The molecule has 18 heavy (non-hydrogen) atoms. The first-order chi connectivity index (χ1) is 8.60. The maximum atomic E-state index is 5.12. The second-order valence-electron chi connectivity index (χ2n) is 4.32. The third kappa shape index (κ3) is 4.57. The molecular weight excluding hydrogens is 314 g/mol. The monoisotopic (exact) mass is 335 g/mol. The summed E-state index contributed by atoms with van der Waals surface area (Å²) >= 11 is 5.53. The third-order valence-corrected chi connectivity index (χ3v) is 4.42. The second kappa shape index (κ2) is 8.19. The van der Waals surface area contributed by atoms with E-state index in [1.54, 1.807) is 7.11 Å². The lowest BCUT2D eigenvalue weighted by atomic mass is 10.2. The van der Waals surface area contributed by atoms with E-state index in [1.165, 1.54) is 5.69 Å². The highest BCUT2D eigenvalue weighted by molar-refractivity contribution is 9.10. The average molecular weight is 336 g/mol. The molecule has 0 aliphatic rings. The normalized spacial score (nSPS) is 13.2. The average Bonchev–Trinajstić information content (AvgIpc) is 2.69. The zero-order valence-corrected chi connectivity index (χ0v) is 13.8. The number of methoxy groups -OCH3 is 1. The minimum atomic E-state index is 0.297. The van der Waals surface area contributed by atoms with E-state index in [4.69, 9.17) is 4.74 Å². The number of hydrogen-bond donors (Lipinski definition) is 1. The molecule has 1 aromatic rings. The lowest BCUT2D eigenvalue weighted by Gasteiger charge is -2.19. The molecule has 1 atom stereocenters. The van der Waals surface area contributed by atoms with Crippen molar-refractivity contribution in [2.75, 3.05) is 26.5 Å². The molecule has 1 unspecified atom stereocenters. The number of nitrogens with one attached hydrogen (secondary N) is 1.